The Morgan fingerprint density at radius 2 is 1.76 bits per heavy atom. The van der Waals surface area contributed by atoms with Crippen molar-refractivity contribution in [1.29, 1.82) is 0 Å². The fourth-order valence-corrected chi connectivity index (χ4v) is 4.41. The van der Waals surface area contributed by atoms with Crippen LogP contribution in [0.4, 0.5) is 0 Å². The van der Waals surface area contributed by atoms with E-state index in [9.17, 15) is 29.7 Å². The van der Waals surface area contributed by atoms with E-state index in [1.165, 1.54) is 7.05 Å². The van der Waals surface area contributed by atoms with Gasteiger partial charge in [0.05, 0.1) is 24.8 Å². The minimum absolute atomic E-state index is 0.00857. The van der Waals surface area contributed by atoms with E-state index in [-0.39, 0.29) is 48.8 Å². The van der Waals surface area contributed by atoms with E-state index >= 15 is 0 Å². The molecule has 1 unspecified atom stereocenters. The molecule has 2 aromatic carbocycles. The first-order valence-corrected chi connectivity index (χ1v) is 12.4. The van der Waals surface area contributed by atoms with Crippen LogP contribution in [0.5, 0.6) is 23.0 Å². The van der Waals surface area contributed by atoms with Crippen LogP contribution in [-0.2, 0) is 34.0 Å². The number of carbonyl (C=O) groups excluding carboxylic acids is 3. The lowest BCUT2D eigenvalue weighted by atomic mass is 10.0. The van der Waals surface area contributed by atoms with Crippen molar-refractivity contribution in [2.75, 3.05) is 40.4 Å². The predicted molar refractivity (Wildman–Crippen MR) is 138 cm³/mol. The maximum Gasteiger partial charge on any atom is 0.237 e. The van der Waals surface area contributed by atoms with Crippen molar-refractivity contribution in [3.8, 4) is 23.0 Å². The molecule has 1 aliphatic heterocycles. The quantitative estimate of drug-likeness (QED) is 0.222. The van der Waals surface area contributed by atoms with Crippen LogP contribution in [0.3, 0.4) is 0 Å². The number of hydrogen-bond acceptors (Lipinski definition) is 10. The second-order valence-electron chi connectivity index (χ2n) is 9.17. The lowest BCUT2D eigenvalue weighted by molar-refractivity contribution is -0.126. The van der Waals surface area contributed by atoms with Crippen molar-refractivity contribution >= 4 is 18.5 Å². The van der Waals surface area contributed by atoms with Crippen molar-refractivity contribution in [2.24, 2.45) is 0 Å². The zero-order chi connectivity index (χ0) is 27.7. The zero-order valence-electron chi connectivity index (χ0n) is 21.7. The SMILES string of the molecule is CNC(=O)C(CCC=O)N(C)Cc1c(C=O)c(O)c(O)c(O)c1OCc1ccc(CN2CCOCC2)cc1. The number of likely N-dealkylation sites (N-methyl/N-ethyl adjacent to an activating group) is 2. The van der Waals surface area contributed by atoms with Crippen molar-refractivity contribution in [1.82, 2.24) is 15.1 Å². The highest BCUT2D eigenvalue weighted by Gasteiger charge is 2.29. The number of benzene rings is 2. The van der Waals surface area contributed by atoms with Gasteiger partial charge in [0.15, 0.2) is 17.8 Å². The van der Waals surface area contributed by atoms with Gasteiger partial charge in [-0.2, -0.15) is 0 Å². The molecule has 1 atom stereocenters. The molecule has 1 heterocycles. The van der Waals surface area contributed by atoms with Gasteiger partial charge < -0.3 is 34.9 Å². The molecule has 0 bridgehead atoms. The highest BCUT2D eigenvalue weighted by Crippen LogP contribution is 2.48. The minimum atomic E-state index is -0.877. The van der Waals surface area contributed by atoms with Gasteiger partial charge in [0.1, 0.15) is 12.9 Å². The summed E-state index contributed by atoms with van der Waals surface area (Å²) in [6.45, 7) is 3.90. The van der Waals surface area contributed by atoms with Gasteiger partial charge in [-0.1, -0.05) is 24.3 Å². The molecule has 1 fully saturated rings. The Bertz CT molecular complexity index is 1120. The average molecular weight is 530 g/mol. The molecule has 0 saturated carbocycles. The van der Waals surface area contributed by atoms with Gasteiger partial charge in [-0.15, -0.1) is 0 Å². The smallest absolute Gasteiger partial charge is 0.237 e. The third kappa shape index (κ3) is 7.00. The molecule has 2 aromatic rings. The molecule has 1 amide bonds. The fraction of sp³-hybridized carbons (Fsp3) is 0.444. The maximum absolute atomic E-state index is 12.4. The Hall–Kier alpha value is -3.67. The monoisotopic (exact) mass is 529 g/mol. The number of nitrogens with zero attached hydrogens (tertiary/aromatic N) is 2. The highest BCUT2D eigenvalue weighted by atomic mass is 16.5. The zero-order valence-corrected chi connectivity index (χ0v) is 21.7. The molecular formula is C27H35N3O8. The normalized spacial score (nSPS) is 14.7. The van der Waals surface area contributed by atoms with E-state index in [1.807, 2.05) is 24.3 Å². The van der Waals surface area contributed by atoms with Crippen molar-refractivity contribution < 1.29 is 39.2 Å². The van der Waals surface area contributed by atoms with Crippen LogP contribution in [0.2, 0.25) is 0 Å². The lowest BCUT2D eigenvalue weighted by Gasteiger charge is -2.28. The van der Waals surface area contributed by atoms with E-state index in [2.05, 4.69) is 10.2 Å². The number of amides is 1. The molecule has 11 nitrogen and oxygen atoms in total. The van der Waals surface area contributed by atoms with Crippen LogP contribution in [-0.4, -0.2) is 90.0 Å². The Morgan fingerprint density at radius 3 is 2.37 bits per heavy atom. The minimum Gasteiger partial charge on any atom is -0.504 e. The van der Waals surface area contributed by atoms with Gasteiger partial charge in [0, 0.05) is 45.2 Å². The number of morpholine rings is 1. The van der Waals surface area contributed by atoms with Crippen molar-refractivity contribution in [3.05, 3.63) is 46.5 Å². The standard InChI is InChI=1S/C27H35N3O8/c1-28-27(36)22(4-3-11-31)29(2)15-20-21(16-32)23(33)24(34)25(35)26(20)38-17-19-7-5-18(6-8-19)14-30-9-12-37-13-10-30/h5-8,11,16,22,33-35H,3-4,9-10,12-15,17H2,1-2H3,(H,28,36). The molecule has 0 spiro atoms. The Kier molecular flexibility index (Phi) is 10.5. The third-order valence-corrected chi connectivity index (χ3v) is 6.60. The average Bonchev–Trinajstić information content (AvgIpc) is 2.93. The Balaban J connectivity index is 1.83. The van der Waals surface area contributed by atoms with Gasteiger partial charge in [0.2, 0.25) is 17.4 Å². The second kappa shape index (κ2) is 13.8. The molecule has 1 saturated heterocycles. The van der Waals surface area contributed by atoms with Gasteiger partial charge >= 0.3 is 0 Å². The molecule has 11 heteroatoms. The number of aldehydes is 2. The number of aromatic hydroxyl groups is 3. The van der Waals surface area contributed by atoms with Crippen LogP contribution in [0.25, 0.3) is 0 Å². The summed E-state index contributed by atoms with van der Waals surface area (Å²) in [6, 6.07) is 7.01. The third-order valence-electron chi connectivity index (χ3n) is 6.60. The molecule has 38 heavy (non-hydrogen) atoms. The number of phenolic OH excluding ortho intramolecular Hbond substituents is 3. The van der Waals surface area contributed by atoms with Gasteiger partial charge in [-0.25, -0.2) is 0 Å². The highest BCUT2D eigenvalue weighted by molar-refractivity contribution is 5.87. The Morgan fingerprint density at radius 1 is 1.11 bits per heavy atom. The topological polar surface area (TPSA) is 149 Å². The van der Waals surface area contributed by atoms with E-state index in [1.54, 1.807) is 11.9 Å². The first-order chi connectivity index (χ1) is 18.3. The molecule has 3 rings (SSSR count). The molecule has 0 aliphatic carbocycles. The molecule has 4 N–H and O–H groups in total. The van der Waals surface area contributed by atoms with E-state index in [4.69, 9.17) is 9.47 Å². The summed E-state index contributed by atoms with van der Waals surface area (Å²) < 4.78 is 11.3. The van der Waals surface area contributed by atoms with E-state index in [0.717, 1.165) is 44.0 Å². The lowest BCUT2D eigenvalue weighted by Crippen LogP contribution is -2.43. The summed E-state index contributed by atoms with van der Waals surface area (Å²) in [4.78, 5) is 39.1. The number of hydrogen-bond donors (Lipinski definition) is 4. The summed E-state index contributed by atoms with van der Waals surface area (Å²) in [5.41, 5.74) is 1.74. The summed E-state index contributed by atoms with van der Waals surface area (Å²) in [6.07, 6.45) is 1.42. The number of rotatable bonds is 13. The summed E-state index contributed by atoms with van der Waals surface area (Å²) in [5.74, 6) is -2.90. The Labute approximate surface area is 221 Å². The fourth-order valence-electron chi connectivity index (χ4n) is 4.41. The van der Waals surface area contributed by atoms with Gasteiger partial charge in [-0.3, -0.25) is 19.4 Å². The first-order valence-electron chi connectivity index (χ1n) is 12.4. The van der Waals surface area contributed by atoms with Crippen LogP contribution in [0.15, 0.2) is 24.3 Å². The number of carbonyl (C=O) groups is 3. The van der Waals surface area contributed by atoms with Crippen LogP contribution in [0, 0.1) is 0 Å². The summed E-state index contributed by atoms with van der Waals surface area (Å²) in [5, 5.41) is 33.7. The molecule has 0 radical (unpaired) electrons. The largest absolute Gasteiger partial charge is 0.504 e. The summed E-state index contributed by atoms with van der Waals surface area (Å²) in [7, 11) is 3.08. The molecule has 206 valence electrons. The van der Waals surface area contributed by atoms with Gasteiger partial charge in [-0.05, 0) is 24.6 Å². The molecular weight excluding hydrogens is 494 g/mol. The maximum atomic E-state index is 12.4. The number of nitrogens with one attached hydrogen (secondary N) is 1. The number of ether oxygens (including phenoxy) is 2. The van der Waals surface area contributed by atoms with Crippen LogP contribution < -0.4 is 10.1 Å². The van der Waals surface area contributed by atoms with E-state index in [0.29, 0.717) is 12.6 Å². The van der Waals surface area contributed by atoms with Crippen molar-refractivity contribution in [3.63, 3.8) is 0 Å². The van der Waals surface area contributed by atoms with Gasteiger partial charge in [0.25, 0.3) is 0 Å². The molecule has 0 aromatic heterocycles. The molecule has 1 aliphatic rings. The number of phenols is 3. The predicted octanol–water partition coefficient (Wildman–Crippen LogP) is 1.55. The van der Waals surface area contributed by atoms with Crippen LogP contribution >= 0.6 is 0 Å². The second-order valence-corrected chi connectivity index (χ2v) is 9.17. The van der Waals surface area contributed by atoms with Crippen molar-refractivity contribution in [2.45, 2.75) is 38.6 Å². The van der Waals surface area contributed by atoms with E-state index < -0.39 is 23.3 Å². The summed E-state index contributed by atoms with van der Waals surface area (Å²) >= 11 is 0. The van der Waals surface area contributed by atoms with Crippen LogP contribution in [0.1, 0.15) is 39.9 Å². The first kappa shape index (κ1) is 28.9.